The van der Waals surface area contributed by atoms with Gasteiger partial charge in [0.25, 0.3) is 5.91 Å². The Bertz CT molecular complexity index is 451. The van der Waals surface area contributed by atoms with Crippen LogP contribution in [0.3, 0.4) is 0 Å². The molecule has 0 atom stereocenters. The van der Waals surface area contributed by atoms with Crippen LogP contribution in [0.1, 0.15) is 23.2 Å². The van der Waals surface area contributed by atoms with E-state index in [4.69, 9.17) is 9.84 Å². The van der Waals surface area contributed by atoms with Gasteiger partial charge in [-0.1, -0.05) is 0 Å². The van der Waals surface area contributed by atoms with Crippen molar-refractivity contribution >= 4 is 11.6 Å². The SMILES string of the molecule is CN(C)c1ccc(C(=O)N2CCC(OCCO)CC2)cc1. The zero-order valence-electron chi connectivity index (χ0n) is 12.8. The zero-order valence-corrected chi connectivity index (χ0v) is 12.8. The van der Waals surface area contributed by atoms with Gasteiger partial charge in [0.2, 0.25) is 0 Å². The predicted molar refractivity (Wildman–Crippen MR) is 82.7 cm³/mol. The molecule has 1 aromatic rings. The third kappa shape index (κ3) is 4.19. The number of hydrogen-bond acceptors (Lipinski definition) is 4. The molecule has 1 amide bonds. The maximum atomic E-state index is 12.4. The first kappa shape index (κ1) is 15.8. The number of carbonyl (C=O) groups excluding carboxylic acids is 1. The molecule has 1 aromatic carbocycles. The Kier molecular flexibility index (Phi) is 5.59. The minimum atomic E-state index is 0.0529. The lowest BCUT2D eigenvalue weighted by atomic mass is 10.1. The smallest absolute Gasteiger partial charge is 0.253 e. The molecule has 0 saturated carbocycles. The molecule has 1 saturated heterocycles. The fourth-order valence-electron chi connectivity index (χ4n) is 2.53. The lowest BCUT2D eigenvalue weighted by Crippen LogP contribution is -2.41. The number of aliphatic hydroxyl groups excluding tert-OH is 1. The van der Waals surface area contributed by atoms with Crippen molar-refractivity contribution in [3.8, 4) is 0 Å². The van der Waals surface area contributed by atoms with Crippen LogP contribution >= 0.6 is 0 Å². The highest BCUT2D eigenvalue weighted by Crippen LogP contribution is 2.18. The first-order chi connectivity index (χ1) is 10.1. The Hall–Kier alpha value is -1.59. The first-order valence-electron chi connectivity index (χ1n) is 7.41. The summed E-state index contributed by atoms with van der Waals surface area (Å²) in [6.45, 7) is 1.86. The number of nitrogens with zero attached hydrogens (tertiary/aromatic N) is 2. The Balaban J connectivity index is 1.89. The van der Waals surface area contributed by atoms with Gasteiger partial charge in [-0.05, 0) is 37.1 Å². The molecule has 0 aliphatic carbocycles. The van der Waals surface area contributed by atoms with Crippen molar-refractivity contribution in [2.75, 3.05) is 45.3 Å². The van der Waals surface area contributed by atoms with Crippen molar-refractivity contribution in [2.45, 2.75) is 18.9 Å². The van der Waals surface area contributed by atoms with Crippen molar-refractivity contribution in [2.24, 2.45) is 0 Å². The van der Waals surface area contributed by atoms with Crippen molar-refractivity contribution in [3.63, 3.8) is 0 Å². The molecule has 1 fully saturated rings. The van der Waals surface area contributed by atoms with E-state index in [1.807, 2.05) is 48.2 Å². The van der Waals surface area contributed by atoms with E-state index in [-0.39, 0.29) is 18.6 Å². The molecule has 0 radical (unpaired) electrons. The van der Waals surface area contributed by atoms with Gasteiger partial charge >= 0.3 is 0 Å². The second-order valence-electron chi connectivity index (χ2n) is 5.53. The van der Waals surface area contributed by atoms with Crippen LogP contribution < -0.4 is 4.90 Å². The average molecular weight is 292 g/mol. The quantitative estimate of drug-likeness (QED) is 0.890. The minimum absolute atomic E-state index is 0.0529. The van der Waals surface area contributed by atoms with Gasteiger partial charge in [-0.2, -0.15) is 0 Å². The molecule has 1 aliphatic rings. The molecule has 1 N–H and O–H groups in total. The lowest BCUT2D eigenvalue weighted by Gasteiger charge is -2.32. The highest BCUT2D eigenvalue weighted by molar-refractivity contribution is 5.94. The van der Waals surface area contributed by atoms with E-state index in [1.165, 1.54) is 0 Å². The molecule has 1 aliphatic heterocycles. The minimum Gasteiger partial charge on any atom is -0.394 e. The third-order valence-electron chi connectivity index (χ3n) is 3.80. The van der Waals surface area contributed by atoms with Crippen molar-refractivity contribution in [1.29, 1.82) is 0 Å². The van der Waals surface area contributed by atoms with Gasteiger partial charge in [-0.3, -0.25) is 4.79 Å². The summed E-state index contributed by atoms with van der Waals surface area (Å²) >= 11 is 0. The molecule has 0 bridgehead atoms. The van der Waals surface area contributed by atoms with E-state index in [2.05, 4.69) is 0 Å². The Labute approximate surface area is 126 Å². The molecule has 1 heterocycles. The molecular weight excluding hydrogens is 268 g/mol. The number of hydrogen-bond donors (Lipinski definition) is 1. The molecule has 5 heteroatoms. The maximum Gasteiger partial charge on any atom is 0.253 e. The monoisotopic (exact) mass is 292 g/mol. The van der Waals surface area contributed by atoms with Crippen LogP contribution in [-0.2, 0) is 4.74 Å². The van der Waals surface area contributed by atoms with E-state index in [0.29, 0.717) is 19.7 Å². The van der Waals surface area contributed by atoms with Crippen LogP contribution in [0.4, 0.5) is 5.69 Å². The third-order valence-corrected chi connectivity index (χ3v) is 3.80. The molecule has 5 nitrogen and oxygen atoms in total. The Morgan fingerprint density at radius 3 is 2.43 bits per heavy atom. The van der Waals surface area contributed by atoms with Crippen molar-refractivity contribution < 1.29 is 14.6 Å². The highest BCUT2D eigenvalue weighted by Gasteiger charge is 2.23. The average Bonchev–Trinajstić information content (AvgIpc) is 2.53. The Morgan fingerprint density at radius 1 is 1.29 bits per heavy atom. The van der Waals surface area contributed by atoms with E-state index in [1.54, 1.807) is 0 Å². The molecule has 2 rings (SSSR count). The number of piperidine rings is 1. The van der Waals surface area contributed by atoms with Gasteiger partial charge in [-0.25, -0.2) is 0 Å². The van der Waals surface area contributed by atoms with Crippen LogP contribution in [0.5, 0.6) is 0 Å². The topological polar surface area (TPSA) is 53.0 Å². The first-order valence-corrected chi connectivity index (χ1v) is 7.41. The van der Waals surface area contributed by atoms with Gasteiger partial charge in [0.1, 0.15) is 0 Å². The van der Waals surface area contributed by atoms with Gasteiger partial charge in [0.05, 0.1) is 19.3 Å². The van der Waals surface area contributed by atoms with Crippen molar-refractivity contribution in [3.05, 3.63) is 29.8 Å². The summed E-state index contributed by atoms with van der Waals surface area (Å²) in [6.07, 6.45) is 1.83. The van der Waals surface area contributed by atoms with Gasteiger partial charge in [-0.15, -0.1) is 0 Å². The van der Waals surface area contributed by atoms with Gasteiger partial charge in [0, 0.05) is 38.4 Å². The number of aliphatic hydroxyl groups is 1. The van der Waals surface area contributed by atoms with Crippen LogP contribution in [-0.4, -0.2) is 62.4 Å². The number of benzene rings is 1. The summed E-state index contributed by atoms with van der Waals surface area (Å²) < 4.78 is 5.51. The van der Waals surface area contributed by atoms with Crippen LogP contribution in [0.15, 0.2) is 24.3 Å². The second-order valence-corrected chi connectivity index (χ2v) is 5.53. The molecule has 0 unspecified atom stereocenters. The fourth-order valence-corrected chi connectivity index (χ4v) is 2.53. The largest absolute Gasteiger partial charge is 0.394 e. The zero-order chi connectivity index (χ0) is 15.2. The summed E-state index contributed by atoms with van der Waals surface area (Å²) in [5.41, 5.74) is 1.82. The molecule has 0 spiro atoms. The lowest BCUT2D eigenvalue weighted by molar-refractivity contribution is -0.00554. The van der Waals surface area contributed by atoms with E-state index >= 15 is 0 Å². The summed E-state index contributed by atoms with van der Waals surface area (Å²) in [6, 6.07) is 7.69. The molecule has 116 valence electrons. The number of rotatable bonds is 5. The molecular formula is C16H24N2O3. The number of carbonyl (C=O) groups is 1. The predicted octanol–water partition coefficient (Wildman–Crippen LogP) is 1.37. The number of anilines is 1. The summed E-state index contributed by atoms with van der Waals surface area (Å²) in [4.78, 5) is 16.3. The number of ether oxygens (including phenoxy) is 1. The summed E-state index contributed by atoms with van der Waals surface area (Å²) in [7, 11) is 3.96. The normalized spacial score (nSPS) is 16.0. The van der Waals surface area contributed by atoms with Crippen LogP contribution in [0.25, 0.3) is 0 Å². The number of likely N-dealkylation sites (tertiary alicyclic amines) is 1. The van der Waals surface area contributed by atoms with Gasteiger partial charge in [0.15, 0.2) is 0 Å². The summed E-state index contributed by atoms with van der Waals surface area (Å²) in [5, 5.41) is 8.75. The van der Waals surface area contributed by atoms with E-state index in [9.17, 15) is 4.79 Å². The standard InChI is InChI=1S/C16H24N2O3/c1-17(2)14-5-3-13(4-6-14)16(20)18-9-7-15(8-10-18)21-12-11-19/h3-6,15,19H,7-12H2,1-2H3. The molecule has 21 heavy (non-hydrogen) atoms. The maximum absolute atomic E-state index is 12.4. The summed E-state index contributed by atoms with van der Waals surface area (Å²) in [5.74, 6) is 0.0842. The van der Waals surface area contributed by atoms with E-state index in [0.717, 1.165) is 24.1 Å². The van der Waals surface area contributed by atoms with Crippen molar-refractivity contribution in [1.82, 2.24) is 4.90 Å². The highest BCUT2D eigenvalue weighted by atomic mass is 16.5. The second kappa shape index (κ2) is 7.43. The molecule has 0 aromatic heterocycles. The van der Waals surface area contributed by atoms with Crippen LogP contribution in [0.2, 0.25) is 0 Å². The van der Waals surface area contributed by atoms with E-state index < -0.39 is 0 Å². The van der Waals surface area contributed by atoms with Crippen LogP contribution in [0, 0.1) is 0 Å². The fraction of sp³-hybridized carbons (Fsp3) is 0.562. The Morgan fingerprint density at radius 2 is 1.90 bits per heavy atom. The number of amides is 1. The van der Waals surface area contributed by atoms with Gasteiger partial charge < -0.3 is 19.6 Å².